The summed E-state index contributed by atoms with van der Waals surface area (Å²) in [5, 5.41) is 12.1. The van der Waals surface area contributed by atoms with Crippen LogP contribution in [0.4, 0.5) is 10.5 Å². The fourth-order valence-electron chi connectivity index (χ4n) is 3.16. The Hall–Kier alpha value is -3.81. The Labute approximate surface area is 160 Å². The van der Waals surface area contributed by atoms with Crippen molar-refractivity contribution in [3.05, 3.63) is 52.6 Å². The molecule has 0 spiro atoms. The van der Waals surface area contributed by atoms with Gasteiger partial charge in [0.1, 0.15) is 11.3 Å². The van der Waals surface area contributed by atoms with Gasteiger partial charge >= 0.3 is 6.03 Å². The summed E-state index contributed by atoms with van der Waals surface area (Å²) in [5.41, 5.74) is 1.84. The van der Waals surface area contributed by atoms with Crippen LogP contribution >= 0.6 is 0 Å². The molecule has 0 aliphatic carbocycles. The average molecular weight is 380 g/mol. The van der Waals surface area contributed by atoms with Crippen LogP contribution in [0.25, 0.3) is 6.08 Å². The van der Waals surface area contributed by atoms with Gasteiger partial charge in [-0.3, -0.25) is 14.9 Å². The van der Waals surface area contributed by atoms with Crippen LogP contribution in [0.15, 0.2) is 35.9 Å². The first-order valence-electron chi connectivity index (χ1n) is 8.46. The van der Waals surface area contributed by atoms with Gasteiger partial charge in [-0.05, 0) is 60.9 Å². The minimum Gasteiger partial charge on any atom is -0.507 e. The van der Waals surface area contributed by atoms with E-state index >= 15 is 0 Å². The molecule has 28 heavy (non-hydrogen) atoms. The monoisotopic (exact) mass is 380 g/mol. The standard InChI is InChI=1S/C20H16N2O6/c1-10-5-12(6-11(2)17(10)23)7-14-18(24)21-20(26)22(19(14)25)13-3-4-15-16(8-13)28-9-27-15/h3-8,23H,9H2,1-2H3,(H,21,24,26). The van der Waals surface area contributed by atoms with Crippen LogP contribution in [0.3, 0.4) is 0 Å². The van der Waals surface area contributed by atoms with Crippen molar-refractivity contribution in [3.63, 3.8) is 0 Å². The van der Waals surface area contributed by atoms with E-state index in [1.54, 1.807) is 32.0 Å². The number of aromatic hydroxyl groups is 1. The van der Waals surface area contributed by atoms with E-state index < -0.39 is 17.8 Å². The van der Waals surface area contributed by atoms with E-state index in [2.05, 4.69) is 5.32 Å². The number of nitrogens with one attached hydrogen (secondary N) is 1. The number of aryl methyl sites for hydroxylation is 2. The Kier molecular flexibility index (Phi) is 4.03. The number of benzene rings is 2. The summed E-state index contributed by atoms with van der Waals surface area (Å²) in [4.78, 5) is 38.4. The molecule has 0 aromatic heterocycles. The molecule has 4 rings (SSSR count). The van der Waals surface area contributed by atoms with Crippen LogP contribution in [-0.4, -0.2) is 29.7 Å². The molecule has 0 bridgehead atoms. The van der Waals surface area contributed by atoms with Gasteiger partial charge in [0, 0.05) is 6.07 Å². The number of amides is 4. The van der Waals surface area contributed by atoms with E-state index in [0.717, 1.165) is 4.90 Å². The molecular formula is C20H16N2O6. The van der Waals surface area contributed by atoms with Gasteiger partial charge in [-0.2, -0.15) is 0 Å². The highest BCUT2D eigenvalue weighted by atomic mass is 16.7. The van der Waals surface area contributed by atoms with Crippen molar-refractivity contribution in [2.24, 2.45) is 0 Å². The molecule has 142 valence electrons. The number of hydrogen-bond donors (Lipinski definition) is 2. The van der Waals surface area contributed by atoms with Gasteiger partial charge in [-0.1, -0.05) is 0 Å². The second-order valence-corrected chi connectivity index (χ2v) is 6.50. The molecule has 2 heterocycles. The van der Waals surface area contributed by atoms with Gasteiger partial charge in [-0.15, -0.1) is 0 Å². The summed E-state index contributed by atoms with van der Waals surface area (Å²) in [7, 11) is 0. The molecule has 1 fully saturated rings. The second-order valence-electron chi connectivity index (χ2n) is 6.50. The van der Waals surface area contributed by atoms with Gasteiger partial charge in [0.2, 0.25) is 6.79 Å². The van der Waals surface area contributed by atoms with Crippen molar-refractivity contribution in [1.82, 2.24) is 5.32 Å². The molecule has 0 saturated carbocycles. The first-order valence-corrected chi connectivity index (χ1v) is 8.46. The Bertz CT molecular complexity index is 1050. The number of carbonyl (C=O) groups is 3. The molecule has 2 aliphatic heterocycles. The Morgan fingerprint density at radius 2 is 1.71 bits per heavy atom. The minimum absolute atomic E-state index is 0.0577. The van der Waals surface area contributed by atoms with Crippen LogP contribution in [0, 0.1) is 13.8 Å². The predicted octanol–water partition coefficient (Wildman–Crippen LogP) is 2.40. The number of phenolic OH excluding ortho intramolecular Hbond substituents is 1. The number of rotatable bonds is 2. The third kappa shape index (κ3) is 2.84. The summed E-state index contributed by atoms with van der Waals surface area (Å²) in [6, 6.07) is 7.08. The highest BCUT2D eigenvalue weighted by Crippen LogP contribution is 2.36. The zero-order chi connectivity index (χ0) is 20.0. The summed E-state index contributed by atoms with van der Waals surface area (Å²) in [6.07, 6.45) is 1.39. The maximum Gasteiger partial charge on any atom is 0.335 e. The number of anilines is 1. The number of imide groups is 2. The number of urea groups is 1. The largest absolute Gasteiger partial charge is 0.507 e. The highest BCUT2D eigenvalue weighted by Gasteiger charge is 2.37. The third-order valence-corrected chi connectivity index (χ3v) is 4.54. The van der Waals surface area contributed by atoms with Crippen molar-refractivity contribution >= 4 is 29.6 Å². The van der Waals surface area contributed by atoms with E-state index in [-0.39, 0.29) is 23.8 Å². The smallest absolute Gasteiger partial charge is 0.335 e. The van der Waals surface area contributed by atoms with Crippen LogP contribution in [0.1, 0.15) is 16.7 Å². The average Bonchev–Trinajstić information content (AvgIpc) is 3.11. The van der Waals surface area contributed by atoms with Gasteiger partial charge in [0.15, 0.2) is 11.5 Å². The number of hydrogen-bond acceptors (Lipinski definition) is 6. The fourth-order valence-corrected chi connectivity index (χ4v) is 3.16. The molecule has 0 unspecified atom stereocenters. The highest BCUT2D eigenvalue weighted by molar-refractivity contribution is 6.39. The SMILES string of the molecule is Cc1cc(C=C2C(=O)NC(=O)N(c3ccc4c(c3)OCO4)C2=O)cc(C)c1O. The Morgan fingerprint density at radius 3 is 2.43 bits per heavy atom. The molecule has 1 saturated heterocycles. The molecule has 8 nitrogen and oxygen atoms in total. The zero-order valence-corrected chi connectivity index (χ0v) is 15.1. The number of carbonyl (C=O) groups excluding carboxylic acids is 3. The summed E-state index contributed by atoms with van der Waals surface area (Å²) >= 11 is 0. The summed E-state index contributed by atoms with van der Waals surface area (Å²) in [5.74, 6) is -0.467. The first-order chi connectivity index (χ1) is 13.3. The number of barbiturate groups is 1. The molecule has 4 amide bonds. The summed E-state index contributed by atoms with van der Waals surface area (Å²) in [6.45, 7) is 3.49. The van der Waals surface area contributed by atoms with Gasteiger partial charge < -0.3 is 14.6 Å². The zero-order valence-electron chi connectivity index (χ0n) is 15.1. The molecule has 0 radical (unpaired) electrons. The Morgan fingerprint density at radius 1 is 1.04 bits per heavy atom. The summed E-state index contributed by atoms with van der Waals surface area (Å²) < 4.78 is 10.5. The van der Waals surface area contributed by atoms with E-state index in [9.17, 15) is 19.5 Å². The lowest BCUT2D eigenvalue weighted by Crippen LogP contribution is -2.54. The lowest BCUT2D eigenvalue weighted by Gasteiger charge is -2.26. The van der Waals surface area contributed by atoms with Crippen LogP contribution in [0.5, 0.6) is 17.2 Å². The number of phenols is 1. The van der Waals surface area contributed by atoms with Crippen molar-refractivity contribution in [2.45, 2.75) is 13.8 Å². The molecular weight excluding hydrogens is 364 g/mol. The van der Waals surface area contributed by atoms with Crippen LogP contribution < -0.4 is 19.7 Å². The normalized spacial score (nSPS) is 17.3. The van der Waals surface area contributed by atoms with E-state index in [1.807, 2.05) is 0 Å². The molecule has 2 aromatic rings. The van der Waals surface area contributed by atoms with Gasteiger partial charge in [0.05, 0.1) is 5.69 Å². The quantitative estimate of drug-likeness (QED) is 0.612. The maximum absolute atomic E-state index is 12.9. The molecule has 2 aromatic carbocycles. The number of nitrogens with zero attached hydrogens (tertiary/aromatic N) is 1. The number of ether oxygens (including phenoxy) is 2. The van der Waals surface area contributed by atoms with Crippen molar-refractivity contribution in [3.8, 4) is 17.2 Å². The van der Waals surface area contributed by atoms with Crippen molar-refractivity contribution in [1.29, 1.82) is 0 Å². The van der Waals surface area contributed by atoms with Crippen LogP contribution in [-0.2, 0) is 9.59 Å². The van der Waals surface area contributed by atoms with Crippen molar-refractivity contribution in [2.75, 3.05) is 11.7 Å². The predicted molar refractivity (Wildman–Crippen MR) is 99.1 cm³/mol. The maximum atomic E-state index is 12.9. The van der Waals surface area contributed by atoms with E-state index in [0.29, 0.717) is 28.2 Å². The Balaban J connectivity index is 1.74. The third-order valence-electron chi connectivity index (χ3n) is 4.54. The fraction of sp³-hybridized carbons (Fsp3) is 0.150. The van der Waals surface area contributed by atoms with Crippen LogP contribution in [0.2, 0.25) is 0 Å². The second kappa shape index (κ2) is 6.41. The number of fused-ring (bicyclic) bond motifs is 1. The lowest BCUT2D eigenvalue weighted by atomic mass is 10.0. The molecule has 8 heteroatoms. The van der Waals surface area contributed by atoms with Crippen molar-refractivity contribution < 1.29 is 29.0 Å². The van der Waals surface area contributed by atoms with Gasteiger partial charge in [-0.25, -0.2) is 9.69 Å². The molecule has 2 N–H and O–H groups in total. The topological polar surface area (TPSA) is 105 Å². The molecule has 0 atom stereocenters. The minimum atomic E-state index is -0.843. The first kappa shape index (κ1) is 17.6. The molecule has 2 aliphatic rings. The lowest BCUT2D eigenvalue weighted by molar-refractivity contribution is -0.122. The van der Waals surface area contributed by atoms with E-state index in [4.69, 9.17) is 9.47 Å². The van der Waals surface area contributed by atoms with E-state index in [1.165, 1.54) is 18.2 Å². The van der Waals surface area contributed by atoms with Gasteiger partial charge in [0.25, 0.3) is 11.8 Å².